The number of rotatable bonds is 2. The Kier molecular flexibility index (Phi) is 2.97. The molecule has 0 radical (unpaired) electrons. The molecule has 6 heteroatoms. The molecule has 2 nitrogen and oxygen atoms in total. The van der Waals surface area contributed by atoms with E-state index >= 15 is 0 Å². The highest BCUT2D eigenvalue weighted by molar-refractivity contribution is 5.80. The molecule has 0 N–H and O–H groups in total. The van der Waals surface area contributed by atoms with Crippen LogP contribution in [0.5, 0.6) is 5.75 Å². The van der Waals surface area contributed by atoms with Crippen LogP contribution in [0.25, 0.3) is 0 Å². The van der Waals surface area contributed by atoms with Crippen molar-refractivity contribution in [2.75, 3.05) is 7.11 Å². The maximum absolute atomic E-state index is 12.7. The van der Waals surface area contributed by atoms with Gasteiger partial charge in [-0.05, 0) is 12.1 Å². The molecule has 0 aliphatic heterocycles. The van der Waals surface area contributed by atoms with Crippen LogP contribution in [0.15, 0.2) is 12.1 Å². The maximum Gasteiger partial charge on any atom is 0.420 e. The highest BCUT2D eigenvalue weighted by Crippen LogP contribution is 2.38. The predicted molar refractivity (Wildman–Crippen MR) is 43.3 cm³/mol. The van der Waals surface area contributed by atoms with Crippen LogP contribution in [0.4, 0.5) is 17.6 Å². The van der Waals surface area contributed by atoms with Gasteiger partial charge in [0.15, 0.2) is 6.29 Å². The fourth-order valence-electron chi connectivity index (χ4n) is 1.14. The van der Waals surface area contributed by atoms with E-state index in [4.69, 9.17) is 0 Å². The van der Waals surface area contributed by atoms with Crippen LogP contribution in [-0.4, -0.2) is 13.4 Å². The van der Waals surface area contributed by atoms with Crippen LogP contribution in [0.1, 0.15) is 15.9 Å². The van der Waals surface area contributed by atoms with Gasteiger partial charge in [-0.1, -0.05) is 0 Å². The Balaban J connectivity index is 3.49. The highest BCUT2D eigenvalue weighted by atomic mass is 19.4. The van der Waals surface area contributed by atoms with Gasteiger partial charge in [-0.25, -0.2) is 4.39 Å². The third-order valence-electron chi connectivity index (χ3n) is 1.72. The van der Waals surface area contributed by atoms with Crippen LogP contribution in [0.3, 0.4) is 0 Å². The summed E-state index contributed by atoms with van der Waals surface area (Å²) < 4.78 is 54.3. The molecule has 0 aromatic heterocycles. The van der Waals surface area contributed by atoms with Crippen molar-refractivity contribution in [3.8, 4) is 5.75 Å². The second kappa shape index (κ2) is 3.88. The molecule has 0 fully saturated rings. The minimum atomic E-state index is -4.76. The summed E-state index contributed by atoms with van der Waals surface area (Å²) in [5.74, 6) is -1.80. The number of methoxy groups -OCH3 is 1. The molecule has 0 atom stereocenters. The van der Waals surface area contributed by atoms with Crippen molar-refractivity contribution in [3.05, 3.63) is 29.1 Å². The average molecular weight is 222 g/mol. The van der Waals surface area contributed by atoms with E-state index in [1.54, 1.807) is 0 Å². The molecule has 0 heterocycles. The molecular formula is C9H6F4O2. The number of aldehydes is 1. The molecule has 1 aromatic rings. The summed E-state index contributed by atoms with van der Waals surface area (Å²) in [5.41, 5.74) is -1.77. The Hall–Kier alpha value is -1.59. The van der Waals surface area contributed by atoms with Crippen molar-refractivity contribution in [1.82, 2.24) is 0 Å². The zero-order valence-corrected chi connectivity index (χ0v) is 7.56. The monoisotopic (exact) mass is 222 g/mol. The first kappa shape index (κ1) is 11.5. The Morgan fingerprint density at radius 2 is 1.93 bits per heavy atom. The van der Waals surface area contributed by atoms with Gasteiger partial charge in [0.1, 0.15) is 17.1 Å². The quantitative estimate of drug-likeness (QED) is 0.568. The van der Waals surface area contributed by atoms with Gasteiger partial charge < -0.3 is 4.74 Å². The summed E-state index contributed by atoms with van der Waals surface area (Å²) >= 11 is 0. The number of carbonyl (C=O) groups is 1. The Bertz CT molecular complexity index is 384. The lowest BCUT2D eigenvalue weighted by Gasteiger charge is -2.13. The van der Waals surface area contributed by atoms with Crippen molar-refractivity contribution in [1.29, 1.82) is 0 Å². The van der Waals surface area contributed by atoms with E-state index in [9.17, 15) is 22.4 Å². The molecule has 1 rings (SSSR count). The molecule has 0 aliphatic carbocycles. The van der Waals surface area contributed by atoms with Crippen molar-refractivity contribution >= 4 is 6.29 Å². The first-order valence-electron chi connectivity index (χ1n) is 3.80. The second-order valence-corrected chi connectivity index (χ2v) is 2.69. The van der Waals surface area contributed by atoms with Gasteiger partial charge in [0.05, 0.1) is 12.7 Å². The minimum absolute atomic E-state index is 0.108. The molecule has 1 aromatic carbocycles. The van der Waals surface area contributed by atoms with Crippen LogP contribution >= 0.6 is 0 Å². The first-order valence-corrected chi connectivity index (χ1v) is 3.80. The Morgan fingerprint density at radius 3 is 2.33 bits per heavy atom. The smallest absolute Gasteiger partial charge is 0.420 e. The van der Waals surface area contributed by atoms with Crippen LogP contribution in [0, 0.1) is 5.82 Å². The Morgan fingerprint density at radius 1 is 1.33 bits per heavy atom. The van der Waals surface area contributed by atoms with E-state index in [1.807, 2.05) is 0 Å². The topological polar surface area (TPSA) is 26.3 Å². The minimum Gasteiger partial charge on any atom is -0.495 e. The van der Waals surface area contributed by atoms with E-state index in [1.165, 1.54) is 0 Å². The van der Waals surface area contributed by atoms with Gasteiger partial charge in [0.25, 0.3) is 0 Å². The summed E-state index contributed by atoms with van der Waals surface area (Å²) in [6.07, 6.45) is -4.65. The third kappa shape index (κ3) is 2.26. The van der Waals surface area contributed by atoms with Gasteiger partial charge in [-0.2, -0.15) is 13.2 Å². The summed E-state index contributed by atoms with van der Waals surface area (Å²) in [5, 5.41) is 0. The van der Waals surface area contributed by atoms with E-state index < -0.39 is 28.9 Å². The lowest BCUT2D eigenvalue weighted by Crippen LogP contribution is -2.10. The molecule has 0 saturated carbocycles. The lowest BCUT2D eigenvalue weighted by molar-refractivity contribution is -0.139. The van der Waals surface area contributed by atoms with E-state index in [-0.39, 0.29) is 12.4 Å². The van der Waals surface area contributed by atoms with Gasteiger partial charge >= 0.3 is 6.18 Å². The molecule has 0 spiro atoms. The van der Waals surface area contributed by atoms with E-state index in [2.05, 4.69) is 4.74 Å². The standard InChI is InChI=1S/C9H6F4O2/c1-15-8-5(4-14)2-6(10)3-7(8)9(11,12)13/h2-4H,1H3. The third-order valence-corrected chi connectivity index (χ3v) is 1.72. The lowest BCUT2D eigenvalue weighted by atomic mass is 10.1. The molecule has 0 amide bonds. The van der Waals surface area contributed by atoms with Crippen molar-refractivity contribution in [3.63, 3.8) is 0 Å². The van der Waals surface area contributed by atoms with Crippen molar-refractivity contribution < 1.29 is 27.1 Å². The molecule has 0 bridgehead atoms. The number of hydrogen-bond donors (Lipinski definition) is 0. The van der Waals surface area contributed by atoms with Gasteiger partial charge in [0, 0.05) is 0 Å². The number of ether oxygens (including phenoxy) is 1. The maximum atomic E-state index is 12.7. The van der Waals surface area contributed by atoms with E-state index in [0.717, 1.165) is 7.11 Å². The SMILES string of the molecule is COc1c(C=O)cc(F)cc1C(F)(F)F. The summed E-state index contributed by atoms with van der Waals surface area (Å²) in [4.78, 5) is 10.4. The second-order valence-electron chi connectivity index (χ2n) is 2.69. The van der Waals surface area contributed by atoms with E-state index in [0.29, 0.717) is 6.07 Å². The molecule has 0 aliphatic rings. The zero-order valence-electron chi connectivity index (χ0n) is 7.56. The Labute approximate surface area is 82.5 Å². The van der Waals surface area contributed by atoms with Crippen LogP contribution in [-0.2, 0) is 6.18 Å². The van der Waals surface area contributed by atoms with Crippen molar-refractivity contribution in [2.24, 2.45) is 0 Å². The molecule has 15 heavy (non-hydrogen) atoms. The number of carbonyl (C=O) groups excluding carboxylic acids is 1. The number of halogens is 4. The number of hydrogen-bond acceptors (Lipinski definition) is 2. The van der Waals surface area contributed by atoms with Gasteiger partial charge in [0.2, 0.25) is 0 Å². The summed E-state index contributed by atoms with van der Waals surface area (Å²) in [6.45, 7) is 0. The number of alkyl halides is 3. The normalized spacial score (nSPS) is 11.3. The predicted octanol–water partition coefficient (Wildman–Crippen LogP) is 2.67. The van der Waals surface area contributed by atoms with Crippen LogP contribution < -0.4 is 4.74 Å². The van der Waals surface area contributed by atoms with Gasteiger partial charge in [-0.3, -0.25) is 4.79 Å². The largest absolute Gasteiger partial charge is 0.495 e. The molecule has 0 unspecified atom stereocenters. The highest BCUT2D eigenvalue weighted by Gasteiger charge is 2.36. The first-order chi connectivity index (χ1) is 6.90. The zero-order chi connectivity index (χ0) is 11.6. The average Bonchev–Trinajstić information content (AvgIpc) is 2.15. The fourth-order valence-corrected chi connectivity index (χ4v) is 1.14. The summed E-state index contributed by atoms with van der Waals surface area (Å²) in [6, 6.07) is 0.965. The fraction of sp³-hybridized carbons (Fsp3) is 0.222. The molecular weight excluding hydrogens is 216 g/mol. The molecule has 0 saturated heterocycles. The summed E-state index contributed by atoms with van der Waals surface area (Å²) in [7, 11) is 0.982. The van der Waals surface area contributed by atoms with Gasteiger partial charge in [-0.15, -0.1) is 0 Å². The number of benzene rings is 1. The van der Waals surface area contributed by atoms with Crippen LogP contribution in [0.2, 0.25) is 0 Å². The van der Waals surface area contributed by atoms with Crippen molar-refractivity contribution in [2.45, 2.75) is 6.18 Å². The molecule has 82 valence electrons.